The van der Waals surface area contributed by atoms with Crippen LogP contribution in [0.2, 0.25) is 0 Å². The highest BCUT2D eigenvalue weighted by Crippen LogP contribution is 2.38. The lowest BCUT2D eigenvalue weighted by atomic mass is 9.95. The smallest absolute Gasteiger partial charge is 0.158 e. The summed E-state index contributed by atoms with van der Waals surface area (Å²) in [6.07, 6.45) is 6.77. The molecule has 198 valence electrons. The van der Waals surface area contributed by atoms with Gasteiger partial charge in [-0.1, -0.05) is 26.0 Å². The molecule has 0 radical (unpaired) electrons. The number of nitrogens with zero attached hydrogens (tertiary/aromatic N) is 9. The van der Waals surface area contributed by atoms with E-state index in [0.29, 0.717) is 12.0 Å². The molecule has 5 aromatic rings. The monoisotopic (exact) mass is 512 g/mol. The molecule has 6 rings (SSSR count). The van der Waals surface area contributed by atoms with E-state index in [2.05, 4.69) is 88.1 Å². The third-order valence-corrected chi connectivity index (χ3v) is 8.01. The van der Waals surface area contributed by atoms with E-state index in [1.807, 2.05) is 17.8 Å². The van der Waals surface area contributed by atoms with Gasteiger partial charge in [-0.15, -0.1) is 5.10 Å². The van der Waals surface area contributed by atoms with E-state index in [0.717, 1.165) is 77.6 Å². The first-order valence-electron chi connectivity index (χ1n) is 13.5. The molecule has 1 saturated heterocycles. The number of anilines is 1. The zero-order valence-electron chi connectivity index (χ0n) is 23.1. The van der Waals surface area contributed by atoms with Gasteiger partial charge in [0.05, 0.1) is 22.4 Å². The van der Waals surface area contributed by atoms with Gasteiger partial charge in [-0.3, -0.25) is 9.58 Å². The van der Waals surface area contributed by atoms with Gasteiger partial charge in [0, 0.05) is 62.8 Å². The van der Waals surface area contributed by atoms with E-state index in [4.69, 9.17) is 4.98 Å². The Hall–Kier alpha value is -3.79. The summed E-state index contributed by atoms with van der Waals surface area (Å²) in [7, 11) is 1.92. The van der Waals surface area contributed by atoms with Crippen LogP contribution in [0, 0.1) is 13.8 Å². The molecule has 0 aliphatic carbocycles. The molecule has 0 unspecified atom stereocenters. The van der Waals surface area contributed by atoms with Crippen LogP contribution >= 0.6 is 0 Å². The Morgan fingerprint density at radius 3 is 2.68 bits per heavy atom. The topological polar surface area (TPSA) is 96.1 Å². The van der Waals surface area contributed by atoms with Gasteiger partial charge in [-0.25, -0.2) is 14.5 Å². The number of nitrogens with one attached hydrogen (secondary N) is 1. The van der Waals surface area contributed by atoms with Gasteiger partial charge in [0.15, 0.2) is 5.65 Å². The Kier molecular flexibility index (Phi) is 6.14. The van der Waals surface area contributed by atoms with Gasteiger partial charge in [0.25, 0.3) is 0 Å². The molecule has 1 atom stereocenters. The summed E-state index contributed by atoms with van der Waals surface area (Å²) >= 11 is 0. The predicted octanol–water partition coefficient (Wildman–Crippen LogP) is 4.24. The van der Waals surface area contributed by atoms with Gasteiger partial charge in [0.1, 0.15) is 12.1 Å². The van der Waals surface area contributed by atoms with Crippen LogP contribution < -0.4 is 4.90 Å². The lowest BCUT2D eigenvalue weighted by Crippen LogP contribution is -2.53. The van der Waals surface area contributed by atoms with Crippen LogP contribution in [0.5, 0.6) is 0 Å². The van der Waals surface area contributed by atoms with E-state index in [9.17, 15) is 0 Å². The number of fused-ring (bicyclic) bond motifs is 2. The first kappa shape index (κ1) is 24.5. The SMILES string of the molecule is CC[C@H]1CN(Cc2cn(C)nn2)CCN1c1ccc2[nH]c(-c3cn4ncnc4c(C)c3C)c(C(C)C)c2n1. The second-order valence-electron chi connectivity index (χ2n) is 10.8. The Balaban J connectivity index is 1.36. The van der Waals surface area contributed by atoms with Crippen molar-refractivity contribution in [3.05, 3.63) is 53.2 Å². The molecule has 1 aliphatic heterocycles. The van der Waals surface area contributed by atoms with Crippen LogP contribution in [0.3, 0.4) is 0 Å². The van der Waals surface area contributed by atoms with Gasteiger partial charge < -0.3 is 9.88 Å². The van der Waals surface area contributed by atoms with E-state index < -0.39 is 0 Å². The molecular formula is C28H36N10. The van der Waals surface area contributed by atoms with Crippen LogP contribution in [0.4, 0.5) is 5.82 Å². The fraction of sp³-hybridized carbons (Fsp3) is 0.464. The first-order chi connectivity index (χ1) is 18.3. The van der Waals surface area contributed by atoms with Gasteiger partial charge in [-0.05, 0) is 49.4 Å². The van der Waals surface area contributed by atoms with Gasteiger partial charge in [-0.2, -0.15) is 5.10 Å². The van der Waals surface area contributed by atoms with Gasteiger partial charge in [0.2, 0.25) is 0 Å². The summed E-state index contributed by atoms with van der Waals surface area (Å²) in [4.78, 5) is 18.4. The minimum atomic E-state index is 0.304. The summed E-state index contributed by atoms with van der Waals surface area (Å²) in [5.74, 6) is 1.36. The quantitative estimate of drug-likeness (QED) is 0.363. The van der Waals surface area contributed by atoms with Gasteiger partial charge >= 0.3 is 0 Å². The fourth-order valence-corrected chi connectivity index (χ4v) is 5.88. The highest BCUT2D eigenvalue weighted by molar-refractivity contribution is 5.90. The first-order valence-corrected chi connectivity index (χ1v) is 13.5. The third kappa shape index (κ3) is 4.13. The predicted molar refractivity (Wildman–Crippen MR) is 149 cm³/mol. The average Bonchev–Trinajstić information content (AvgIpc) is 3.63. The van der Waals surface area contributed by atoms with Crippen molar-refractivity contribution < 1.29 is 0 Å². The molecule has 0 bridgehead atoms. The molecule has 5 aromatic heterocycles. The van der Waals surface area contributed by atoms with Crippen LogP contribution in [-0.4, -0.2) is 70.1 Å². The molecule has 6 heterocycles. The maximum Gasteiger partial charge on any atom is 0.158 e. The fourth-order valence-electron chi connectivity index (χ4n) is 5.88. The minimum Gasteiger partial charge on any atom is -0.353 e. The maximum atomic E-state index is 5.30. The molecule has 38 heavy (non-hydrogen) atoms. The number of aromatic nitrogens is 8. The molecule has 0 saturated carbocycles. The zero-order chi connectivity index (χ0) is 26.6. The summed E-state index contributed by atoms with van der Waals surface area (Å²) in [6, 6.07) is 4.76. The summed E-state index contributed by atoms with van der Waals surface area (Å²) in [5.41, 5.74) is 9.92. The second-order valence-corrected chi connectivity index (χ2v) is 10.8. The van der Waals surface area contributed by atoms with Crippen molar-refractivity contribution in [3.63, 3.8) is 0 Å². The second kappa shape index (κ2) is 9.50. The Morgan fingerprint density at radius 1 is 1.11 bits per heavy atom. The molecule has 1 fully saturated rings. The largest absolute Gasteiger partial charge is 0.353 e. The average molecular weight is 513 g/mol. The van der Waals surface area contributed by atoms with Crippen LogP contribution in [0.1, 0.15) is 55.5 Å². The number of rotatable bonds is 6. The number of aromatic amines is 1. The zero-order valence-corrected chi connectivity index (χ0v) is 23.1. The Labute approximate surface area is 222 Å². The lowest BCUT2D eigenvalue weighted by molar-refractivity contribution is 0.209. The molecule has 0 aromatic carbocycles. The molecule has 10 heteroatoms. The standard InChI is InChI=1S/C28H36N10/c1-7-21-14-36(13-20-12-35(6)34-33-20)10-11-37(21)24-9-8-23-27(32-24)25(17(2)3)26(31-23)22-15-38-28(29-16-30-38)19(5)18(22)4/h8-9,12,15-17,21,31H,7,10-11,13-14H2,1-6H3/t21-/m0/s1. The van der Waals surface area contributed by atoms with Crippen molar-refractivity contribution in [2.45, 2.75) is 59.5 Å². The normalized spacial score (nSPS) is 16.9. The summed E-state index contributed by atoms with van der Waals surface area (Å²) in [6.45, 7) is 14.8. The molecule has 0 spiro atoms. The van der Waals surface area contributed by atoms with Crippen molar-refractivity contribution >= 4 is 22.5 Å². The molecule has 0 amide bonds. The van der Waals surface area contributed by atoms with Crippen molar-refractivity contribution in [2.75, 3.05) is 24.5 Å². The number of pyridine rings is 2. The van der Waals surface area contributed by atoms with Crippen molar-refractivity contribution in [1.29, 1.82) is 0 Å². The number of hydrogen-bond acceptors (Lipinski definition) is 7. The van der Waals surface area contributed by atoms with Crippen molar-refractivity contribution in [1.82, 2.24) is 44.5 Å². The van der Waals surface area contributed by atoms with E-state index in [1.54, 1.807) is 11.0 Å². The van der Waals surface area contributed by atoms with Crippen molar-refractivity contribution in [3.8, 4) is 11.3 Å². The van der Waals surface area contributed by atoms with E-state index in [1.165, 1.54) is 11.1 Å². The lowest BCUT2D eigenvalue weighted by Gasteiger charge is -2.41. The molecule has 1 N–H and O–H groups in total. The Bertz CT molecular complexity index is 1610. The highest BCUT2D eigenvalue weighted by Gasteiger charge is 2.28. The minimum absolute atomic E-state index is 0.304. The third-order valence-electron chi connectivity index (χ3n) is 8.01. The maximum absolute atomic E-state index is 5.30. The number of H-pyrrole nitrogens is 1. The van der Waals surface area contributed by atoms with Crippen LogP contribution in [0.25, 0.3) is 27.9 Å². The van der Waals surface area contributed by atoms with Crippen LogP contribution in [-0.2, 0) is 13.6 Å². The van der Waals surface area contributed by atoms with Crippen LogP contribution in [0.15, 0.2) is 30.9 Å². The summed E-state index contributed by atoms with van der Waals surface area (Å²) in [5, 5.41) is 12.8. The Morgan fingerprint density at radius 2 is 1.95 bits per heavy atom. The van der Waals surface area contributed by atoms with E-state index >= 15 is 0 Å². The van der Waals surface area contributed by atoms with E-state index in [-0.39, 0.29) is 0 Å². The molecule has 10 nitrogen and oxygen atoms in total. The molecular weight excluding hydrogens is 476 g/mol. The number of aryl methyl sites for hydroxylation is 2. The number of hydrogen-bond donors (Lipinski definition) is 1. The molecule has 1 aliphatic rings. The summed E-state index contributed by atoms with van der Waals surface area (Å²) < 4.78 is 3.64. The number of piperazine rings is 1. The highest BCUT2D eigenvalue weighted by atomic mass is 15.4. The van der Waals surface area contributed by atoms with Crippen molar-refractivity contribution in [2.24, 2.45) is 7.05 Å².